The third-order valence-electron chi connectivity index (χ3n) is 4.16. The summed E-state index contributed by atoms with van der Waals surface area (Å²) in [6, 6.07) is 11.6. The molecular formula is C18H16N6O2S. The fourth-order valence-corrected chi connectivity index (χ4v) is 3.16. The van der Waals surface area contributed by atoms with E-state index in [1.807, 2.05) is 30.3 Å². The molecule has 4 aromatic rings. The molecule has 27 heavy (non-hydrogen) atoms. The zero-order chi connectivity index (χ0) is 19.0. The van der Waals surface area contributed by atoms with E-state index in [0.29, 0.717) is 23.2 Å². The summed E-state index contributed by atoms with van der Waals surface area (Å²) in [6.45, 7) is 0.329. The average Bonchev–Trinajstić information content (AvgIpc) is 3.03. The number of pyridine rings is 1. The number of benzene rings is 1. The van der Waals surface area contributed by atoms with Gasteiger partial charge in [-0.15, -0.1) is 0 Å². The van der Waals surface area contributed by atoms with Crippen molar-refractivity contribution < 1.29 is 4.74 Å². The van der Waals surface area contributed by atoms with E-state index in [1.54, 1.807) is 23.9 Å². The van der Waals surface area contributed by atoms with Crippen molar-refractivity contribution in [1.29, 1.82) is 0 Å². The normalized spacial score (nSPS) is 11.1. The van der Waals surface area contributed by atoms with Gasteiger partial charge in [-0.1, -0.05) is 30.3 Å². The first-order valence-electron chi connectivity index (χ1n) is 8.13. The maximum atomic E-state index is 12.7. The largest absolute Gasteiger partial charge is 0.378 e. The summed E-state index contributed by atoms with van der Waals surface area (Å²) in [5.74, 6) is 0. The van der Waals surface area contributed by atoms with E-state index in [4.69, 9.17) is 22.7 Å². The number of nitrogens with two attached hydrogens (primary N) is 1. The Labute approximate surface area is 159 Å². The van der Waals surface area contributed by atoms with E-state index in [1.165, 1.54) is 10.9 Å². The Hall–Kier alpha value is -3.30. The number of aromatic nitrogens is 4. The highest BCUT2D eigenvalue weighted by Crippen LogP contribution is 2.29. The van der Waals surface area contributed by atoms with E-state index < -0.39 is 0 Å². The van der Waals surface area contributed by atoms with Gasteiger partial charge in [0.2, 0.25) is 0 Å². The SMILES string of the molecule is COCc1nn2c(ncc3c(=O)n(NC(N)=S)ccc32)c1-c1ccccc1. The van der Waals surface area contributed by atoms with Crippen LogP contribution in [-0.4, -0.2) is 31.5 Å². The summed E-state index contributed by atoms with van der Waals surface area (Å²) in [4.78, 5) is 17.2. The second-order valence-electron chi connectivity index (χ2n) is 5.88. The lowest BCUT2D eigenvalue weighted by Gasteiger charge is -2.08. The van der Waals surface area contributed by atoms with Gasteiger partial charge in [-0.25, -0.2) is 14.2 Å². The van der Waals surface area contributed by atoms with Gasteiger partial charge in [0.1, 0.15) is 0 Å². The minimum absolute atomic E-state index is 0.00155. The minimum atomic E-state index is -0.320. The third-order valence-corrected chi connectivity index (χ3v) is 4.25. The van der Waals surface area contributed by atoms with Gasteiger partial charge in [-0.05, 0) is 23.8 Å². The Morgan fingerprint density at radius 2 is 2.07 bits per heavy atom. The standard InChI is InChI=1S/C18H16N6O2S/c1-26-10-13-15(11-5-3-2-4-6-11)16-20-9-12-14(24(16)21-13)7-8-23(17(12)25)22-18(19)27/h2-9H,10H2,1H3,(H3,19,22,27). The second-order valence-corrected chi connectivity index (χ2v) is 6.32. The van der Waals surface area contributed by atoms with Gasteiger partial charge in [-0.2, -0.15) is 5.10 Å². The van der Waals surface area contributed by atoms with Crippen molar-refractivity contribution >= 4 is 33.9 Å². The second kappa shape index (κ2) is 6.78. The number of fused-ring (bicyclic) bond motifs is 3. The molecular weight excluding hydrogens is 364 g/mol. The molecule has 0 aliphatic rings. The maximum absolute atomic E-state index is 12.7. The van der Waals surface area contributed by atoms with E-state index in [0.717, 1.165) is 16.8 Å². The van der Waals surface area contributed by atoms with Gasteiger partial charge in [0.15, 0.2) is 10.8 Å². The van der Waals surface area contributed by atoms with Crippen LogP contribution in [0.5, 0.6) is 0 Å². The molecule has 0 bridgehead atoms. The number of thiocarbonyl (C=S) groups is 1. The number of nitrogens with one attached hydrogen (secondary N) is 1. The molecule has 0 amide bonds. The molecule has 0 unspecified atom stereocenters. The molecule has 0 spiro atoms. The van der Waals surface area contributed by atoms with Gasteiger partial charge < -0.3 is 10.5 Å². The molecule has 3 N–H and O–H groups in total. The highest BCUT2D eigenvalue weighted by molar-refractivity contribution is 7.80. The topological polar surface area (TPSA) is 99.5 Å². The molecule has 8 nitrogen and oxygen atoms in total. The number of nitrogens with zero attached hydrogens (tertiary/aromatic N) is 4. The number of hydrogen-bond acceptors (Lipinski definition) is 5. The zero-order valence-electron chi connectivity index (χ0n) is 14.4. The molecule has 0 aliphatic carbocycles. The van der Waals surface area contributed by atoms with Gasteiger partial charge in [0.05, 0.1) is 28.8 Å². The van der Waals surface area contributed by atoms with E-state index in [-0.39, 0.29) is 10.7 Å². The van der Waals surface area contributed by atoms with Crippen molar-refractivity contribution in [2.24, 2.45) is 5.73 Å². The summed E-state index contributed by atoms with van der Waals surface area (Å²) in [7, 11) is 1.62. The highest BCUT2D eigenvalue weighted by Gasteiger charge is 2.18. The van der Waals surface area contributed by atoms with Crippen LogP contribution < -0.4 is 16.7 Å². The molecule has 0 saturated heterocycles. The van der Waals surface area contributed by atoms with Gasteiger partial charge in [0, 0.05) is 19.5 Å². The molecule has 136 valence electrons. The Balaban J connectivity index is 2.02. The predicted octanol–water partition coefficient (Wildman–Crippen LogP) is 1.64. The molecule has 3 aromatic heterocycles. The van der Waals surface area contributed by atoms with Gasteiger partial charge in [-0.3, -0.25) is 10.2 Å². The molecule has 3 heterocycles. The first-order chi connectivity index (χ1) is 13.1. The molecule has 1 aromatic carbocycles. The van der Waals surface area contributed by atoms with Crippen LogP contribution in [-0.2, 0) is 11.3 Å². The summed E-state index contributed by atoms with van der Waals surface area (Å²) < 4.78 is 8.19. The lowest BCUT2D eigenvalue weighted by molar-refractivity contribution is 0.181. The zero-order valence-corrected chi connectivity index (χ0v) is 15.2. The first-order valence-corrected chi connectivity index (χ1v) is 8.54. The van der Waals surface area contributed by atoms with Crippen molar-refractivity contribution in [3.8, 4) is 11.1 Å². The third kappa shape index (κ3) is 2.92. The summed E-state index contributed by atoms with van der Waals surface area (Å²) in [5, 5.41) is 5.04. The molecule has 0 aliphatic heterocycles. The van der Waals surface area contributed by atoms with E-state index in [2.05, 4.69) is 15.5 Å². The van der Waals surface area contributed by atoms with Crippen molar-refractivity contribution in [2.45, 2.75) is 6.61 Å². The number of methoxy groups -OCH3 is 1. The minimum Gasteiger partial charge on any atom is -0.378 e. The Kier molecular flexibility index (Phi) is 4.30. The average molecular weight is 380 g/mol. The quantitative estimate of drug-likeness (QED) is 0.519. The first kappa shape index (κ1) is 17.1. The monoisotopic (exact) mass is 380 g/mol. The van der Waals surface area contributed by atoms with E-state index in [9.17, 15) is 4.79 Å². The van der Waals surface area contributed by atoms with E-state index >= 15 is 0 Å². The fourth-order valence-electron chi connectivity index (χ4n) is 3.06. The molecule has 0 atom stereocenters. The lowest BCUT2D eigenvalue weighted by atomic mass is 10.1. The van der Waals surface area contributed by atoms with Crippen LogP contribution in [0.25, 0.3) is 27.7 Å². The van der Waals surface area contributed by atoms with Crippen molar-refractivity contribution in [2.75, 3.05) is 12.5 Å². The summed E-state index contributed by atoms with van der Waals surface area (Å²) >= 11 is 4.80. The number of hydrogen-bond donors (Lipinski definition) is 2. The van der Waals surface area contributed by atoms with Crippen LogP contribution in [0.15, 0.2) is 53.6 Å². The number of ether oxygens (including phenoxy) is 1. The Morgan fingerprint density at radius 3 is 2.78 bits per heavy atom. The smallest absolute Gasteiger partial charge is 0.280 e. The van der Waals surface area contributed by atoms with Crippen LogP contribution in [0.4, 0.5) is 0 Å². The highest BCUT2D eigenvalue weighted by atomic mass is 32.1. The number of rotatable bonds is 4. The van der Waals surface area contributed by atoms with Crippen molar-refractivity contribution in [3.63, 3.8) is 0 Å². The van der Waals surface area contributed by atoms with Crippen LogP contribution in [0.2, 0.25) is 0 Å². The van der Waals surface area contributed by atoms with Crippen LogP contribution in [0, 0.1) is 0 Å². The lowest BCUT2D eigenvalue weighted by Crippen LogP contribution is -2.35. The Bertz CT molecular complexity index is 1220. The summed E-state index contributed by atoms with van der Waals surface area (Å²) in [5.41, 5.74) is 11.6. The van der Waals surface area contributed by atoms with Crippen molar-refractivity contribution in [1.82, 2.24) is 19.3 Å². The molecule has 0 radical (unpaired) electrons. The molecule has 0 saturated carbocycles. The fraction of sp³-hybridized carbons (Fsp3) is 0.111. The van der Waals surface area contributed by atoms with Gasteiger partial charge in [0.25, 0.3) is 5.56 Å². The van der Waals surface area contributed by atoms with Crippen LogP contribution in [0.1, 0.15) is 5.69 Å². The molecule has 4 rings (SSSR count). The van der Waals surface area contributed by atoms with Crippen LogP contribution in [0.3, 0.4) is 0 Å². The predicted molar refractivity (Wildman–Crippen MR) is 107 cm³/mol. The molecule has 0 fully saturated rings. The summed E-state index contributed by atoms with van der Waals surface area (Å²) in [6.07, 6.45) is 3.10. The Morgan fingerprint density at radius 1 is 1.30 bits per heavy atom. The maximum Gasteiger partial charge on any atom is 0.280 e. The van der Waals surface area contributed by atoms with Gasteiger partial charge >= 0.3 is 0 Å². The van der Waals surface area contributed by atoms with Crippen molar-refractivity contribution in [3.05, 3.63) is 64.8 Å². The van der Waals surface area contributed by atoms with Crippen LogP contribution >= 0.6 is 12.2 Å². The molecule has 9 heteroatoms.